The Balaban J connectivity index is 2.51. The number of anilines is 1. The van der Waals surface area contributed by atoms with Crippen LogP contribution in [0.1, 0.15) is 32.8 Å². The zero-order valence-corrected chi connectivity index (χ0v) is 10.1. The Labute approximate surface area is 92.4 Å². The van der Waals surface area contributed by atoms with Crippen molar-refractivity contribution in [2.24, 2.45) is 5.41 Å². The predicted molar refractivity (Wildman–Crippen MR) is 65.2 cm³/mol. The Hall–Kier alpha value is -1.18. The molecule has 0 aliphatic rings. The number of benzene rings is 1. The highest BCUT2D eigenvalue weighted by Crippen LogP contribution is 2.24. The first kappa shape index (κ1) is 11.9. The number of hydrogen-bond acceptors (Lipinski definition) is 2. The van der Waals surface area contributed by atoms with Crippen LogP contribution in [-0.2, 0) is 0 Å². The van der Waals surface area contributed by atoms with Crippen LogP contribution in [-0.4, -0.2) is 6.61 Å². The minimum atomic E-state index is 0.305. The molecule has 2 N–H and O–H groups in total. The van der Waals surface area contributed by atoms with Crippen molar-refractivity contribution in [2.45, 2.75) is 34.1 Å². The first-order chi connectivity index (χ1) is 6.88. The van der Waals surface area contributed by atoms with Crippen LogP contribution in [0.5, 0.6) is 5.75 Å². The summed E-state index contributed by atoms with van der Waals surface area (Å²) in [6.07, 6.45) is 1.03. The fraction of sp³-hybridized carbons (Fsp3) is 0.538. The fourth-order valence-corrected chi connectivity index (χ4v) is 1.27. The molecule has 0 unspecified atom stereocenters. The van der Waals surface area contributed by atoms with E-state index in [9.17, 15) is 0 Å². The van der Waals surface area contributed by atoms with Gasteiger partial charge >= 0.3 is 0 Å². The van der Waals surface area contributed by atoms with E-state index >= 15 is 0 Å². The first-order valence-electron chi connectivity index (χ1n) is 5.37. The lowest BCUT2D eigenvalue weighted by Gasteiger charge is -2.18. The van der Waals surface area contributed by atoms with Crippen LogP contribution in [0.4, 0.5) is 5.69 Å². The Morgan fingerprint density at radius 2 is 1.93 bits per heavy atom. The van der Waals surface area contributed by atoms with Gasteiger partial charge in [-0.2, -0.15) is 0 Å². The molecule has 0 saturated carbocycles. The van der Waals surface area contributed by atoms with Crippen LogP contribution in [0, 0.1) is 12.3 Å². The Morgan fingerprint density at radius 1 is 1.27 bits per heavy atom. The molecule has 2 heteroatoms. The molecule has 1 rings (SSSR count). The molecular weight excluding hydrogens is 186 g/mol. The van der Waals surface area contributed by atoms with E-state index in [1.165, 1.54) is 0 Å². The Morgan fingerprint density at radius 3 is 2.47 bits per heavy atom. The number of rotatable bonds is 3. The Bertz CT molecular complexity index is 326. The molecule has 1 aromatic carbocycles. The van der Waals surface area contributed by atoms with Gasteiger partial charge in [0, 0.05) is 0 Å². The molecule has 2 nitrogen and oxygen atoms in total. The topological polar surface area (TPSA) is 35.2 Å². The standard InChI is InChI=1S/C13H21NO/c1-10-5-6-12(11(14)9-10)15-8-7-13(2,3)4/h5-6,9H,7-8,14H2,1-4H3. The molecule has 0 spiro atoms. The van der Waals surface area contributed by atoms with Crippen LogP contribution in [0.2, 0.25) is 0 Å². The Kier molecular flexibility index (Phi) is 3.61. The number of nitrogen functional groups attached to an aromatic ring is 1. The summed E-state index contributed by atoms with van der Waals surface area (Å²) in [5.74, 6) is 0.796. The van der Waals surface area contributed by atoms with E-state index in [1.54, 1.807) is 0 Å². The second kappa shape index (κ2) is 4.56. The number of ether oxygens (including phenoxy) is 1. The lowest BCUT2D eigenvalue weighted by atomic mass is 9.93. The maximum Gasteiger partial charge on any atom is 0.142 e. The van der Waals surface area contributed by atoms with E-state index in [0.29, 0.717) is 5.41 Å². The van der Waals surface area contributed by atoms with Crippen molar-refractivity contribution in [3.05, 3.63) is 23.8 Å². The highest BCUT2D eigenvalue weighted by molar-refractivity contribution is 5.53. The second-order valence-electron chi connectivity index (χ2n) is 5.20. The molecule has 0 atom stereocenters. The third-order valence-electron chi connectivity index (χ3n) is 2.27. The van der Waals surface area contributed by atoms with Gasteiger partial charge in [0.15, 0.2) is 0 Å². The summed E-state index contributed by atoms with van der Waals surface area (Å²) >= 11 is 0. The van der Waals surface area contributed by atoms with Gasteiger partial charge in [-0.05, 0) is 36.5 Å². The molecule has 0 aliphatic carbocycles. The summed E-state index contributed by atoms with van der Waals surface area (Å²) in [4.78, 5) is 0. The molecule has 0 fully saturated rings. The van der Waals surface area contributed by atoms with E-state index in [4.69, 9.17) is 10.5 Å². The molecule has 0 aromatic heterocycles. The van der Waals surface area contributed by atoms with Gasteiger partial charge < -0.3 is 10.5 Å². The average Bonchev–Trinajstić information content (AvgIpc) is 2.07. The first-order valence-corrected chi connectivity index (χ1v) is 5.37. The van der Waals surface area contributed by atoms with Gasteiger partial charge in [-0.3, -0.25) is 0 Å². The molecule has 0 aliphatic heterocycles. The van der Waals surface area contributed by atoms with E-state index in [1.807, 2.05) is 25.1 Å². The van der Waals surface area contributed by atoms with Crippen molar-refractivity contribution in [1.29, 1.82) is 0 Å². The molecule has 15 heavy (non-hydrogen) atoms. The summed E-state index contributed by atoms with van der Waals surface area (Å²) in [5.41, 5.74) is 8.04. The molecule has 0 heterocycles. The van der Waals surface area contributed by atoms with Gasteiger partial charge in [0.1, 0.15) is 5.75 Å². The van der Waals surface area contributed by atoms with Crippen LogP contribution in [0.3, 0.4) is 0 Å². The minimum absolute atomic E-state index is 0.305. The lowest BCUT2D eigenvalue weighted by molar-refractivity contribution is 0.244. The molecule has 1 aromatic rings. The molecule has 0 amide bonds. The summed E-state index contributed by atoms with van der Waals surface area (Å²) in [5, 5.41) is 0. The SMILES string of the molecule is Cc1ccc(OCCC(C)(C)C)c(N)c1. The van der Waals surface area contributed by atoms with Gasteiger partial charge in [0.05, 0.1) is 12.3 Å². The molecule has 0 bridgehead atoms. The van der Waals surface area contributed by atoms with Crippen LogP contribution in [0.25, 0.3) is 0 Å². The van der Waals surface area contributed by atoms with E-state index in [0.717, 1.165) is 30.0 Å². The van der Waals surface area contributed by atoms with Crippen molar-refractivity contribution >= 4 is 5.69 Å². The van der Waals surface area contributed by atoms with Crippen molar-refractivity contribution in [1.82, 2.24) is 0 Å². The van der Waals surface area contributed by atoms with Crippen LogP contribution >= 0.6 is 0 Å². The third kappa shape index (κ3) is 4.24. The monoisotopic (exact) mass is 207 g/mol. The number of hydrogen-bond donors (Lipinski definition) is 1. The summed E-state index contributed by atoms with van der Waals surface area (Å²) in [6.45, 7) is 9.35. The largest absolute Gasteiger partial charge is 0.491 e. The molecule has 0 radical (unpaired) electrons. The summed E-state index contributed by atoms with van der Waals surface area (Å²) in [6, 6.07) is 5.89. The quantitative estimate of drug-likeness (QED) is 0.771. The van der Waals surface area contributed by atoms with Gasteiger partial charge in [-0.25, -0.2) is 0 Å². The second-order valence-corrected chi connectivity index (χ2v) is 5.20. The minimum Gasteiger partial charge on any atom is -0.491 e. The lowest BCUT2D eigenvalue weighted by Crippen LogP contribution is -2.11. The zero-order valence-electron chi connectivity index (χ0n) is 10.1. The maximum atomic E-state index is 5.85. The third-order valence-corrected chi connectivity index (χ3v) is 2.27. The number of aryl methyl sites for hydroxylation is 1. The number of nitrogens with two attached hydrogens (primary N) is 1. The van der Waals surface area contributed by atoms with Crippen molar-refractivity contribution in [3.63, 3.8) is 0 Å². The van der Waals surface area contributed by atoms with Gasteiger partial charge in [0.25, 0.3) is 0 Å². The van der Waals surface area contributed by atoms with E-state index in [2.05, 4.69) is 20.8 Å². The van der Waals surface area contributed by atoms with Crippen LogP contribution in [0.15, 0.2) is 18.2 Å². The average molecular weight is 207 g/mol. The smallest absolute Gasteiger partial charge is 0.142 e. The predicted octanol–water partition coefficient (Wildman–Crippen LogP) is 3.39. The normalized spacial score (nSPS) is 11.5. The zero-order chi connectivity index (χ0) is 11.5. The van der Waals surface area contributed by atoms with Gasteiger partial charge in [-0.15, -0.1) is 0 Å². The fourth-order valence-electron chi connectivity index (χ4n) is 1.27. The van der Waals surface area contributed by atoms with Crippen LogP contribution < -0.4 is 10.5 Å². The van der Waals surface area contributed by atoms with Crippen molar-refractivity contribution in [2.75, 3.05) is 12.3 Å². The van der Waals surface area contributed by atoms with Gasteiger partial charge in [0.2, 0.25) is 0 Å². The summed E-state index contributed by atoms with van der Waals surface area (Å²) < 4.78 is 5.64. The molecule has 0 saturated heterocycles. The summed E-state index contributed by atoms with van der Waals surface area (Å²) in [7, 11) is 0. The van der Waals surface area contributed by atoms with Crippen molar-refractivity contribution in [3.8, 4) is 5.75 Å². The highest BCUT2D eigenvalue weighted by atomic mass is 16.5. The van der Waals surface area contributed by atoms with E-state index in [-0.39, 0.29) is 0 Å². The van der Waals surface area contributed by atoms with Gasteiger partial charge in [-0.1, -0.05) is 26.8 Å². The van der Waals surface area contributed by atoms with E-state index < -0.39 is 0 Å². The maximum absolute atomic E-state index is 5.85. The van der Waals surface area contributed by atoms with Crippen molar-refractivity contribution < 1.29 is 4.74 Å². The highest BCUT2D eigenvalue weighted by Gasteiger charge is 2.10. The molecule has 84 valence electrons. The molecular formula is C13H21NO.